The highest BCUT2D eigenvalue weighted by Gasteiger charge is 2.43. The lowest BCUT2D eigenvalue weighted by atomic mass is 9.75. The second-order valence-corrected chi connectivity index (χ2v) is 4.53. The Morgan fingerprint density at radius 3 is 2.29 bits per heavy atom. The van der Waals surface area contributed by atoms with Gasteiger partial charge < -0.3 is 4.74 Å². The lowest BCUT2D eigenvalue weighted by Gasteiger charge is -2.42. The third-order valence-electron chi connectivity index (χ3n) is 3.38. The van der Waals surface area contributed by atoms with Gasteiger partial charge in [-0.25, -0.2) is 0 Å². The molecule has 0 spiro atoms. The van der Waals surface area contributed by atoms with Crippen LogP contribution in [0.25, 0.3) is 0 Å². The lowest BCUT2D eigenvalue weighted by molar-refractivity contribution is -0.116. The van der Waals surface area contributed by atoms with E-state index in [4.69, 9.17) is 4.74 Å². The molecule has 0 radical (unpaired) electrons. The van der Waals surface area contributed by atoms with Crippen LogP contribution in [0.15, 0.2) is 30.3 Å². The van der Waals surface area contributed by atoms with E-state index in [1.165, 1.54) is 37.7 Å². The van der Waals surface area contributed by atoms with Crippen LogP contribution in [0.4, 0.5) is 0 Å². The van der Waals surface area contributed by atoms with E-state index in [1.54, 1.807) is 0 Å². The van der Waals surface area contributed by atoms with Gasteiger partial charge >= 0.3 is 0 Å². The van der Waals surface area contributed by atoms with Crippen LogP contribution in [-0.2, 0) is 10.3 Å². The molecule has 1 aromatic carbocycles. The average Bonchev–Trinajstić information content (AvgIpc) is 2.96. The minimum Gasteiger partial charge on any atom is -0.367 e. The summed E-state index contributed by atoms with van der Waals surface area (Å²) in [6.07, 6.45) is 6.86. The standard InChI is InChI=1S/C13H16O/c1-2-5-11(6-3-1)13(9-4-10-13)14-12-7-8-12/h1-3,5-6,12H,4,7-10H2. The van der Waals surface area contributed by atoms with Crippen LogP contribution in [0.3, 0.4) is 0 Å². The zero-order valence-electron chi connectivity index (χ0n) is 8.41. The molecule has 0 amide bonds. The smallest absolute Gasteiger partial charge is 0.0935 e. The van der Waals surface area contributed by atoms with Crippen LogP contribution in [0.2, 0.25) is 0 Å². The Balaban J connectivity index is 1.84. The Morgan fingerprint density at radius 1 is 1.07 bits per heavy atom. The fraction of sp³-hybridized carbons (Fsp3) is 0.538. The molecular formula is C13H16O. The van der Waals surface area contributed by atoms with Gasteiger partial charge in [-0.2, -0.15) is 0 Å². The molecule has 0 heterocycles. The fourth-order valence-electron chi connectivity index (χ4n) is 2.22. The molecule has 3 rings (SSSR count). The van der Waals surface area contributed by atoms with Crippen molar-refractivity contribution in [2.75, 3.05) is 0 Å². The molecular weight excluding hydrogens is 172 g/mol. The summed E-state index contributed by atoms with van der Waals surface area (Å²) in [4.78, 5) is 0. The molecule has 1 aromatic rings. The van der Waals surface area contributed by atoms with Gasteiger partial charge in [0.1, 0.15) is 0 Å². The predicted molar refractivity (Wildman–Crippen MR) is 56.1 cm³/mol. The van der Waals surface area contributed by atoms with Gasteiger partial charge in [-0.3, -0.25) is 0 Å². The molecule has 0 aliphatic heterocycles. The summed E-state index contributed by atoms with van der Waals surface area (Å²) in [7, 11) is 0. The van der Waals surface area contributed by atoms with E-state index in [-0.39, 0.29) is 5.60 Å². The van der Waals surface area contributed by atoms with Crippen molar-refractivity contribution in [3.8, 4) is 0 Å². The first kappa shape index (κ1) is 8.49. The number of benzene rings is 1. The molecule has 0 saturated heterocycles. The summed E-state index contributed by atoms with van der Waals surface area (Å²) in [6.45, 7) is 0. The van der Waals surface area contributed by atoms with E-state index in [0.29, 0.717) is 6.10 Å². The van der Waals surface area contributed by atoms with Crippen molar-refractivity contribution in [1.29, 1.82) is 0 Å². The summed E-state index contributed by atoms with van der Waals surface area (Å²) in [5.41, 5.74) is 1.49. The molecule has 0 N–H and O–H groups in total. The van der Waals surface area contributed by atoms with Gasteiger partial charge in [-0.15, -0.1) is 0 Å². The van der Waals surface area contributed by atoms with Crippen LogP contribution >= 0.6 is 0 Å². The van der Waals surface area contributed by atoms with Crippen LogP contribution in [-0.4, -0.2) is 6.10 Å². The maximum absolute atomic E-state index is 6.17. The quantitative estimate of drug-likeness (QED) is 0.707. The second-order valence-electron chi connectivity index (χ2n) is 4.53. The summed E-state index contributed by atoms with van der Waals surface area (Å²) < 4.78 is 6.17. The molecule has 74 valence electrons. The van der Waals surface area contributed by atoms with Gasteiger partial charge in [0.05, 0.1) is 11.7 Å². The summed E-state index contributed by atoms with van der Waals surface area (Å²) in [6, 6.07) is 10.7. The van der Waals surface area contributed by atoms with E-state index in [0.717, 1.165) is 0 Å². The van der Waals surface area contributed by atoms with Crippen LogP contribution in [0.5, 0.6) is 0 Å². The molecule has 0 atom stereocenters. The van der Waals surface area contributed by atoms with Crippen molar-refractivity contribution in [2.24, 2.45) is 0 Å². The Morgan fingerprint density at radius 2 is 1.79 bits per heavy atom. The Hall–Kier alpha value is -0.820. The van der Waals surface area contributed by atoms with Gasteiger partial charge in [0.15, 0.2) is 0 Å². The van der Waals surface area contributed by atoms with Gasteiger partial charge in [-0.1, -0.05) is 30.3 Å². The zero-order valence-corrected chi connectivity index (χ0v) is 8.41. The van der Waals surface area contributed by atoms with Crippen molar-refractivity contribution in [3.63, 3.8) is 0 Å². The minimum absolute atomic E-state index is 0.0996. The number of ether oxygens (including phenoxy) is 1. The van der Waals surface area contributed by atoms with Gasteiger partial charge in [0, 0.05) is 0 Å². The highest BCUT2D eigenvalue weighted by molar-refractivity contribution is 5.25. The summed E-state index contributed by atoms with van der Waals surface area (Å²) in [5, 5.41) is 0. The van der Waals surface area contributed by atoms with Gasteiger partial charge in [-0.05, 0) is 37.7 Å². The van der Waals surface area contributed by atoms with Crippen molar-refractivity contribution >= 4 is 0 Å². The van der Waals surface area contributed by atoms with Crippen molar-refractivity contribution in [3.05, 3.63) is 35.9 Å². The van der Waals surface area contributed by atoms with E-state index >= 15 is 0 Å². The molecule has 0 bridgehead atoms. The van der Waals surface area contributed by atoms with Gasteiger partial charge in [0.2, 0.25) is 0 Å². The van der Waals surface area contributed by atoms with Crippen molar-refractivity contribution < 1.29 is 4.74 Å². The summed E-state index contributed by atoms with van der Waals surface area (Å²) in [5.74, 6) is 0. The molecule has 1 nitrogen and oxygen atoms in total. The van der Waals surface area contributed by atoms with Crippen LogP contribution < -0.4 is 0 Å². The van der Waals surface area contributed by atoms with Gasteiger partial charge in [0.25, 0.3) is 0 Å². The Labute approximate surface area is 85.1 Å². The topological polar surface area (TPSA) is 9.23 Å². The first-order valence-electron chi connectivity index (χ1n) is 5.62. The predicted octanol–water partition coefficient (Wildman–Crippen LogP) is 3.24. The molecule has 2 aliphatic rings. The van der Waals surface area contributed by atoms with Crippen LogP contribution in [0.1, 0.15) is 37.7 Å². The third-order valence-corrected chi connectivity index (χ3v) is 3.38. The molecule has 2 aliphatic carbocycles. The summed E-state index contributed by atoms with van der Waals surface area (Å²) >= 11 is 0. The van der Waals surface area contributed by atoms with E-state index in [2.05, 4.69) is 30.3 Å². The number of hydrogen-bond donors (Lipinski definition) is 0. The molecule has 1 heteroatoms. The molecule has 14 heavy (non-hydrogen) atoms. The van der Waals surface area contributed by atoms with Crippen LogP contribution in [0, 0.1) is 0 Å². The number of hydrogen-bond acceptors (Lipinski definition) is 1. The highest BCUT2D eigenvalue weighted by Crippen LogP contribution is 2.48. The molecule has 0 aromatic heterocycles. The average molecular weight is 188 g/mol. The highest BCUT2D eigenvalue weighted by atomic mass is 16.5. The first-order valence-corrected chi connectivity index (χ1v) is 5.62. The Bertz CT molecular complexity index is 309. The molecule has 0 unspecified atom stereocenters. The fourth-order valence-corrected chi connectivity index (χ4v) is 2.22. The lowest BCUT2D eigenvalue weighted by Crippen LogP contribution is -2.37. The SMILES string of the molecule is c1ccc(C2(OC3CC3)CCC2)cc1. The minimum atomic E-state index is 0.0996. The van der Waals surface area contributed by atoms with E-state index in [1.807, 2.05) is 0 Å². The number of rotatable bonds is 3. The second kappa shape index (κ2) is 3.09. The zero-order chi connectivity index (χ0) is 9.43. The first-order chi connectivity index (χ1) is 6.89. The maximum atomic E-state index is 6.17. The monoisotopic (exact) mass is 188 g/mol. The molecule has 2 saturated carbocycles. The third kappa shape index (κ3) is 1.36. The normalized spacial score (nSPS) is 24.3. The largest absolute Gasteiger partial charge is 0.367 e. The van der Waals surface area contributed by atoms with Crippen molar-refractivity contribution in [1.82, 2.24) is 0 Å². The van der Waals surface area contributed by atoms with E-state index in [9.17, 15) is 0 Å². The maximum Gasteiger partial charge on any atom is 0.0935 e. The Kier molecular flexibility index (Phi) is 1.88. The molecule has 2 fully saturated rings. The van der Waals surface area contributed by atoms with E-state index < -0.39 is 0 Å². The van der Waals surface area contributed by atoms with Crippen molar-refractivity contribution in [2.45, 2.75) is 43.8 Å².